The van der Waals surface area contributed by atoms with E-state index in [1.54, 1.807) is 0 Å². The van der Waals surface area contributed by atoms with Crippen LogP contribution in [-0.2, 0) is 6.42 Å². The van der Waals surface area contributed by atoms with Crippen LogP contribution in [0.5, 0.6) is 0 Å². The second kappa shape index (κ2) is 8.45. The van der Waals surface area contributed by atoms with Crippen LogP contribution < -0.4 is 10.2 Å². The minimum Gasteiger partial charge on any atom is -0.367 e. The summed E-state index contributed by atoms with van der Waals surface area (Å²) in [6.07, 6.45) is 0.770. The van der Waals surface area contributed by atoms with E-state index in [9.17, 15) is 4.79 Å². The number of urea groups is 1. The molecule has 0 atom stereocenters. The Kier molecular flexibility index (Phi) is 6.05. The summed E-state index contributed by atoms with van der Waals surface area (Å²) in [5.41, 5.74) is 2.15. The first-order valence-corrected chi connectivity index (χ1v) is 9.16. The monoisotopic (exact) mass is 377 g/mol. The first kappa shape index (κ1) is 17.9. The molecule has 4 nitrogen and oxygen atoms in total. The van der Waals surface area contributed by atoms with Crippen molar-refractivity contribution in [3.05, 3.63) is 64.1 Å². The highest BCUT2D eigenvalue weighted by atomic mass is 35.5. The van der Waals surface area contributed by atoms with Gasteiger partial charge < -0.3 is 15.1 Å². The molecule has 2 amide bonds. The molecule has 132 valence electrons. The lowest BCUT2D eigenvalue weighted by atomic mass is 10.1. The van der Waals surface area contributed by atoms with E-state index in [4.69, 9.17) is 23.2 Å². The second-order valence-electron chi connectivity index (χ2n) is 6.04. The van der Waals surface area contributed by atoms with E-state index in [0.29, 0.717) is 19.6 Å². The van der Waals surface area contributed by atoms with Crippen molar-refractivity contribution in [1.82, 2.24) is 10.2 Å². The first-order valence-electron chi connectivity index (χ1n) is 8.40. The predicted molar refractivity (Wildman–Crippen MR) is 104 cm³/mol. The van der Waals surface area contributed by atoms with Crippen LogP contribution in [0.3, 0.4) is 0 Å². The number of para-hydroxylation sites is 1. The maximum Gasteiger partial charge on any atom is 0.317 e. The van der Waals surface area contributed by atoms with Crippen LogP contribution in [0.25, 0.3) is 0 Å². The fourth-order valence-corrected chi connectivity index (χ4v) is 3.44. The number of halogens is 2. The molecule has 6 heteroatoms. The Bertz CT molecular complexity index is 730. The molecule has 1 aliphatic heterocycles. The summed E-state index contributed by atoms with van der Waals surface area (Å²) in [7, 11) is 0. The van der Waals surface area contributed by atoms with Crippen molar-refractivity contribution >= 4 is 34.9 Å². The normalized spacial score (nSPS) is 14.5. The molecule has 25 heavy (non-hydrogen) atoms. The van der Waals surface area contributed by atoms with Crippen molar-refractivity contribution in [2.24, 2.45) is 0 Å². The molecule has 1 fully saturated rings. The van der Waals surface area contributed by atoms with Crippen molar-refractivity contribution in [1.29, 1.82) is 0 Å². The van der Waals surface area contributed by atoms with Crippen LogP contribution >= 0.6 is 23.2 Å². The number of nitrogens with one attached hydrogen (secondary N) is 1. The maximum atomic E-state index is 12.3. The van der Waals surface area contributed by atoms with Gasteiger partial charge in [0.05, 0.1) is 10.7 Å². The maximum absolute atomic E-state index is 12.3. The molecule has 0 aliphatic carbocycles. The van der Waals surface area contributed by atoms with E-state index in [-0.39, 0.29) is 6.03 Å². The molecule has 2 aromatic carbocycles. The largest absolute Gasteiger partial charge is 0.367 e. The number of piperazine rings is 1. The molecular weight excluding hydrogens is 357 g/mol. The van der Waals surface area contributed by atoms with E-state index in [2.05, 4.69) is 10.2 Å². The fourth-order valence-electron chi connectivity index (χ4n) is 2.98. The minimum atomic E-state index is -0.0131. The Hall–Kier alpha value is -1.91. The standard InChI is InChI=1S/C19H21Cl2N3O/c20-16-5-3-4-15(14-16)8-9-22-19(25)24-12-10-23(11-13-24)18-7-2-1-6-17(18)21/h1-7,14H,8-13H2,(H,22,25). The van der Waals surface area contributed by atoms with Crippen LogP contribution in [0.2, 0.25) is 10.0 Å². The highest BCUT2D eigenvalue weighted by Crippen LogP contribution is 2.25. The smallest absolute Gasteiger partial charge is 0.317 e. The van der Waals surface area contributed by atoms with E-state index in [1.807, 2.05) is 53.4 Å². The average molecular weight is 378 g/mol. The number of carbonyl (C=O) groups excluding carboxylic acids is 1. The van der Waals surface area contributed by atoms with E-state index < -0.39 is 0 Å². The lowest BCUT2D eigenvalue weighted by molar-refractivity contribution is 0.194. The molecule has 1 saturated heterocycles. The number of hydrogen-bond acceptors (Lipinski definition) is 2. The average Bonchev–Trinajstić information content (AvgIpc) is 2.62. The van der Waals surface area contributed by atoms with Crippen LogP contribution in [0.4, 0.5) is 10.5 Å². The zero-order valence-electron chi connectivity index (χ0n) is 13.9. The van der Waals surface area contributed by atoms with Gasteiger partial charge in [0.25, 0.3) is 0 Å². The summed E-state index contributed by atoms with van der Waals surface area (Å²) < 4.78 is 0. The van der Waals surface area contributed by atoms with Gasteiger partial charge in [0.1, 0.15) is 0 Å². The van der Waals surface area contributed by atoms with Crippen molar-refractivity contribution in [3.8, 4) is 0 Å². The van der Waals surface area contributed by atoms with Crippen LogP contribution in [0.1, 0.15) is 5.56 Å². The zero-order chi connectivity index (χ0) is 17.6. The zero-order valence-corrected chi connectivity index (χ0v) is 15.4. The fraction of sp³-hybridized carbons (Fsp3) is 0.316. The first-order chi connectivity index (χ1) is 12.1. The Labute approximate surface area is 158 Å². The molecule has 0 spiro atoms. The molecule has 1 heterocycles. The molecule has 2 aromatic rings. The summed E-state index contributed by atoms with van der Waals surface area (Å²) in [5.74, 6) is 0. The summed E-state index contributed by atoms with van der Waals surface area (Å²) in [5, 5.41) is 4.46. The predicted octanol–water partition coefficient (Wildman–Crippen LogP) is 4.07. The van der Waals surface area contributed by atoms with Crippen molar-refractivity contribution in [2.75, 3.05) is 37.6 Å². The SMILES string of the molecule is O=C(NCCc1cccc(Cl)c1)N1CCN(c2ccccc2Cl)CC1. The van der Waals surface area contributed by atoms with Crippen LogP contribution in [0, 0.1) is 0 Å². The van der Waals surface area contributed by atoms with E-state index in [1.165, 1.54) is 0 Å². The Balaban J connectivity index is 1.45. The molecule has 0 aromatic heterocycles. The topological polar surface area (TPSA) is 35.6 Å². The van der Waals surface area contributed by atoms with Crippen molar-refractivity contribution in [3.63, 3.8) is 0 Å². The molecule has 0 radical (unpaired) electrons. The van der Waals surface area contributed by atoms with Gasteiger partial charge in [-0.2, -0.15) is 0 Å². The molecule has 0 bridgehead atoms. The van der Waals surface area contributed by atoms with E-state index in [0.717, 1.165) is 40.8 Å². The highest BCUT2D eigenvalue weighted by Gasteiger charge is 2.21. The number of anilines is 1. The highest BCUT2D eigenvalue weighted by molar-refractivity contribution is 6.33. The van der Waals surface area contributed by atoms with Gasteiger partial charge in [-0.25, -0.2) is 4.79 Å². The third kappa shape index (κ3) is 4.80. The van der Waals surface area contributed by atoms with Gasteiger partial charge in [0.15, 0.2) is 0 Å². The Morgan fingerprint density at radius 3 is 2.48 bits per heavy atom. The number of nitrogens with zero attached hydrogens (tertiary/aromatic N) is 2. The van der Waals surface area contributed by atoms with Crippen LogP contribution in [-0.4, -0.2) is 43.7 Å². The second-order valence-corrected chi connectivity index (χ2v) is 6.88. The lowest BCUT2D eigenvalue weighted by Gasteiger charge is -2.36. The van der Waals surface area contributed by atoms with E-state index >= 15 is 0 Å². The molecular formula is C19H21Cl2N3O. The number of hydrogen-bond donors (Lipinski definition) is 1. The van der Waals surface area contributed by atoms with Gasteiger partial charge >= 0.3 is 6.03 Å². The van der Waals surface area contributed by atoms with Gasteiger partial charge in [0.2, 0.25) is 0 Å². The number of amides is 2. The summed E-state index contributed by atoms with van der Waals surface area (Å²) in [4.78, 5) is 16.4. The summed E-state index contributed by atoms with van der Waals surface area (Å²) in [6.45, 7) is 3.54. The van der Waals surface area contributed by atoms with Crippen molar-refractivity contribution in [2.45, 2.75) is 6.42 Å². The quantitative estimate of drug-likeness (QED) is 0.871. The van der Waals surface area contributed by atoms with Gasteiger partial charge in [0, 0.05) is 37.7 Å². The van der Waals surface area contributed by atoms with Gasteiger partial charge in [-0.05, 0) is 36.2 Å². The van der Waals surface area contributed by atoms with Crippen LogP contribution in [0.15, 0.2) is 48.5 Å². The summed E-state index contributed by atoms with van der Waals surface area (Å²) in [6, 6.07) is 15.5. The molecule has 0 unspecified atom stereocenters. The minimum absolute atomic E-state index is 0.0131. The number of benzene rings is 2. The third-order valence-electron chi connectivity index (χ3n) is 4.34. The number of carbonyl (C=O) groups is 1. The van der Waals surface area contributed by atoms with Gasteiger partial charge in [-0.1, -0.05) is 47.5 Å². The number of rotatable bonds is 4. The third-order valence-corrected chi connectivity index (χ3v) is 4.89. The van der Waals surface area contributed by atoms with Gasteiger partial charge in [-0.3, -0.25) is 0 Å². The Morgan fingerprint density at radius 1 is 1.00 bits per heavy atom. The summed E-state index contributed by atoms with van der Waals surface area (Å²) >= 11 is 12.2. The molecule has 1 aliphatic rings. The molecule has 3 rings (SSSR count). The molecule has 0 saturated carbocycles. The van der Waals surface area contributed by atoms with Crippen molar-refractivity contribution < 1.29 is 4.79 Å². The lowest BCUT2D eigenvalue weighted by Crippen LogP contribution is -2.52. The van der Waals surface area contributed by atoms with Gasteiger partial charge in [-0.15, -0.1) is 0 Å². The Morgan fingerprint density at radius 2 is 1.76 bits per heavy atom. The molecule has 1 N–H and O–H groups in total.